The minimum atomic E-state index is -1.29. The molecular formula is C25H51NO5. The summed E-state index contributed by atoms with van der Waals surface area (Å²) in [6.45, 7) is 14.0. The van der Waals surface area contributed by atoms with E-state index in [2.05, 4.69) is 46.6 Å². The van der Waals surface area contributed by atoms with Crippen molar-refractivity contribution in [3.05, 3.63) is 0 Å². The van der Waals surface area contributed by atoms with Crippen LogP contribution in [0.5, 0.6) is 0 Å². The molecule has 1 aliphatic rings. The van der Waals surface area contributed by atoms with Crippen molar-refractivity contribution < 1.29 is 24.4 Å². The lowest BCUT2D eigenvalue weighted by molar-refractivity contribution is -0.298. The van der Waals surface area contributed by atoms with Gasteiger partial charge in [-0.15, -0.1) is 0 Å². The molecule has 1 fully saturated rings. The lowest BCUT2D eigenvalue weighted by atomic mass is 9.74. The van der Waals surface area contributed by atoms with Crippen molar-refractivity contribution in [2.24, 2.45) is 29.6 Å². The number of nitrogens with zero attached hydrogens (tertiary/aromatic N) is 1. The van der Waals surface area contributed by atoms with Crippen molar-refractivity contribution in [3.63, 3.8) is 0 Å². The van der Waals surface area contributed by atoms with Gasteiger partial charge >= 0.3 is 0 Å². The first-order valence-corrected chi connectivity index (χ1v) is 12.5. The predicted molar refractivity (Wildman–Crippen MR) is 125 cm³/mol. The number of rotatable bonds is 6. The quantitative estimate of drug-likeness (QED) is 0.587. The van der Waals surface area contributed by atoms with E-state index in [4.69, 9.17) is 14.2 Å². The van der Waals surface area contributed by atoms with E-state index in [9.17, 15) is 10.2 Å². The van der Waals surface area contributed by atoms with Crippen LogP contribution in [0.1, 0.15) is 80.1 Å². The topological polar surface area (TPSA) is 71.4 Å². The van der Waals surface area contributed by atoms with Crippen LogP contribution in [0.4, 0.5) is 0 Å². The molecule has 1 saturated heterocycles. The fraction of sp³-hybridized carbons (Fsp3) is 1.00. The average molecular weight is 446 g/mol. The third-order valence-corrected chi connectivity index (χ3v) is 7.03. The third kappa shape index (κ3) is 10.5. The van der Waals surface area contributed by atoms with Gasteiger partial charge in [-0.05, 0) is 75.8 Å². The van der Waals surface area contributed by atoms with Gasteiger partial charge in [-0.3, -0.25) is 0 Å². The van der Waals surface area contributed by atoms with Crippen molar-refractivity contribution >= 4 is 0 Å². The SMILES string of the molecule is CC[C@H]1OC(O)[C@H](C)[C@@H](CC(C)C)[C@H](C)C[C@@H](C)CCCN(C)CC[C@@H]1OC(O)OC. The van der Waals surface area contributed by atoms with Crippen molar-refractivity contribution in [2.75, 3.05) is 27.2 Å². The standard InChI is InChI=1S/C25H51NO5/c1-9-22-23(31-25(28)29-8)12-14-26(7)13-10-11-18(4)16-19(5)21(15-17(2)3)20(6)24(27)30-22/h17-25,27-28H,9-16H2,1-8H3/t18-,19+,20+,21-,22+,23-,24?,25?/m0/s1. The second kappa shape index (κ2) is 14.8. The summed E-state index contributed by atoms with van der Waals surface area (Å²) >= 11 is 0. The molecule has 0 aromatic rings. The second-order valence-electron chi connectivity index (χ2n) is 10.4. The van der Waals surface area contributed by atoms with E-state index < -0.39 is 12.8 Å². The van der Waals surface area contributed by atoms with Crippen LogP contribution in [-0.2, 0) is 14.2 Å². The van der Waals surface area contributed by atoms with Gasteiger partial charge in [0.2, 0.25) is 0 Å². The molecule has 2 unspecified atom stereocenters. The Morgan fingerprint density at radius 2 is 1.81 bits per heavy atom. The van der Waals surface area contributed by atoms with Gasteiger partial charge < -0.3 is 29.3 Å². The van der Waals surface area contributed by atoms with Gasteiger partial charge in [-0.2, -0.15) is 0 Å². The minimum absolute atomic E-state index is 0.0273. The maximum absolute atomic E-state index is 11.1. The zero-order valence-corrected chi connectivity index (χ0v) is 21.4. The average Bonchev–Trinajstić information content (AvgIpc) is 2.71. The van der Waals surface area contributed by atoms with Gasteiger partial charge in [0.25, 0.3) is 6.48 Å². The Kier molecular flexibility index (Phi) is 13.8. The highest BCUT2D eigenvalue weighted by molar-refractivity contribution is 4.80. The Labute approximate surface area is 191 Å². The van der Waals surface area contributed by atoms with Crippen LogP contribution >= 0.6 is 0 Å². The van der Waals surface area contributed by atoms with E-state index >= 15 is 0 Å². The van der Waals surface area contributed by atoms with E-state index in [1.54, 1.807) is 0 Å². The first-order valence-electron chi connectivity index (χ1n) is 12.5. The van der Waals surface area contributed by atoms with E-state index in [1.807, 2.05) is 6.92 Å². The lowest BCUT2D eigenvalue weighted by Gasteiger charge is -2.37. The van der Waals surface area contributed by atoms with Gasteiger partial charge in [-0.1, -0.05) is 41.5 Å². The molecule has 0 spiro atoms. The molecule has 0 bridgehead atoms. The highest BCUT2D eigenvalue weighted by Gasteiger charge is 2.34. The maximum atomic E-state index is 11.1. The molecule has 1 aliphatic heterocycles. The largest absolute Gasteiger partial charge is 0.368 e. The molecule has 0 radical (unpaired) electrons. The number of aliphatic hydroxyl groups is 2. The van der Waals surface area contributed by atoms with Crippen LogP contribution in [0.25, 0.3) is 0 Å². The van der Waals surface area contributed by atoms with E-state index in [0.717, 1.165) is 19.5 Å². The van der Waals surface area contributed by atoms with Crippen molar-refractivity contribution in [1.29, 1.82) is 0 Å². The van der Waals surface area contributed by atoms with E-state index in [1.165, 1.54) is 26.4 Å². The molecular weight excluding hydrogens is 394 g/mol. The zero-order valence-electron chi connectivity index (χ0n) is 21.4. The van der Waals surface area contributed by atoms with Crippen LogP contribution in [0.3, 0.4) is 0 Å². The molecule has 2 N–H and O–H groups in total. The van der Waals surface area contributed by atoms with Gasteiger partial charge in [0, 0.05) is 19.6 Å². The first-order chi connectivity index (χ1) is 14.6. The monoisotopic (exact) mass is 445 g/mol. The second-order valence-corrected chi connectivity index (χ2v) is 10.4. The van der Waals surface area contributed by atoms with E-state index in [-0.39, 0.29) is 18.1 Å². The molecule has 31 heavy (non-hydrogen) atoms. The maximum Gasteiger partial charge on any atom is 0.269 e. The van der Waals surface area contributed by atoms with Gasteiger partial charge in [0.15, 0.2) is 6.29 Å². The molecule has 0 aliphatic carbocycles. The molecule has 0 saturated carbocycles. The number of ether oxygens (including phenoxy) is 3. The number of hydrogen-bond acceptors (Lipinski definition) is 6. The Bertz CT molecular complexity index is 463. The minimum Gasteiger partial charge on any atom is -0.368 e. The molecule has 6 heteroatoms. The number of methoxy groups -OCH3 is 1. The summed E-state index contributed by atoms with van der Waals surface area (Å²) in [5, 5.41) is 21.0. The Balaban J connectivity index is 3.11. The molecule has 8 atom stereocenters. The first kappa shape index (κ1) is 28.8. The van der Waals surface area contributed by atoms with Gasteiger partial charge in [0.05, 0.1) is 12.2 Å². The molecule has 186 valence electrons. The van der Waals surface area contributed by atoms with Crippen molar-refractivity contribution in [1.82, 2.24) is 4.90 Å². The summed E-state index contributed by atoms with van der Waals surface area (Å²) in [7, 11) is 3.55. The highest BCUT2D eigenvalue weighted by atomic mass is 16.8. The normalized spacial score (nSPS) is 36.7. The van der Waals surface area contributed by atoms with Crippen LogP contribution in [-0.4, -0.2) is 67.3 Å². The summed E-state index contributed by atoms with van der Waals surface area (Å²) in [4.78, 5) is 2.32. The number of aliphatic hydroxyl groups excluding tert-OH is 2. The van der Waals surface area contributed by atoms with E-state index in [0.29, 0.717) is 36.5 Å². The van der Waals surface area contributed by atoms with Crippen molar-refractivity contribution in [3.8, 4) is 0 Å². The van der Waals surface area contributed by atoms with Crippen LogP contribution in [0, 0.1) is 29.6 Å². The van der Waals surface area contributed by atoms with Crippen LogP contribution in [0.15, 0.2) is 0 Å². The van der Waals surface area contributed by atoms with Crippen LogP contribution in [0.2, 0.25) is 0 Å². The lowest BCUT2D eigenvalue weighted by Crippen LogP contribution is -2.42. The Hall–Kier alpha value is -0.240. The summed E-state index contributed by atoms with van der Waals surface area (Å²) in [5.41, 5.74) is 0. The summed E-state index contributed by atoms with van der Waals surface area (Å²) in [6, 6.07) is 0. The molecule has 1 heterocycles. The molecule has 1 rings (SSSR count). The Morgan fingerprint density at radius 3 is 2.39 bits per heavy atom. The smallest absolute Gasteiger partial charge is 0.269 e. The fourth-order valence-corrected chi connectivity index (χ4v) is 5.11. The van der Waals surface area contributed by atoms with Gasteiger partial charge in [-0.25, -0.2) is 0 Å². The van der Waals surface area contributed by atoms with Gasteiger partial charge in [0.1, 0.15) is 0 Å². The molecule has 0 aromatic carbocycles. The fourth-order valence-electron chi connectivity index (χ4n) is 5.11. The Morgan fingerprint density at radius 1 is 1.13 bits per heavy atom. The predicted octanol–water partition coefficient (Wildman–Crippen LogP) is 4.48. The van der Waals surface area contributed by atoms with Crippen LogP contribution < -0.4 is 0 Å². The summed E-state index contributed by atoms with van der Waals surface area (Å²) in [6.07, 6.45) is 4.53. The number of hydrogen-bond donors (Lipinski definition) is 2. The molecule has 0 aromatic heterocycles. The molecule has 0 amide bonds. The summed E-state index contributed by atoms with van der Waals surface area (Å²) in [5.74, 6) is 2.19. The zero-order chi connectivity index (χ0) is 23.6. The molecule has 6 nitrogen and oxygen atoms in total. The third-order valence-electron chi connectivity index (χ3n) is 7.03. The highest BCUT2D eigenvalue weighted by Crippen LogP contribution is 2.35. The summed E-state index contributed by atoms with van der Waals surface area (Å²) < 4.78 is 16.9. The van der Waals surface area contributed by atoms with Crippen molar-refractivity contribution in [2.45, 2.75) is 105 Å².